The Morgan fingerprint density at radius 1 is 1.42 bits per heavy atom. The lowest BCUT2D eigenvalue weighted by Gasteiger charge is -2.00. The Bertz CT molecular complexity index is 222. The van der Waals surface area contributed by atoms with Gasteiger partial charge in [-0.1, -0.05) is 19.1 Å². The molecule has 0 atom stereocenters. The molecule has 72 valence electrons. The van der Waals surface area contributed by atoms with Gasteiger partial charge in [-0.05, 0) is 6.42 Å². The van der Waals surface area contributed by atoms with E-state index in [0.717, 1.165) is 0 Å². The molecule has 0 heterocycles. The average Bonchev–Trinajstić information content (AvgIpc) is 1.98. The van der Waals surface area contributed by atoms with Crippen LogP contribution in [-0.4, -0.2) is 27.3 Å². The highest BCUT2D eigenvalue weighted by atomic mass is 32.2. The molecule has 0 aromatic carbocycles. The monoisotopic (exact) mass is 192 g/mol. The maximum atomic E-state index is 11.0. The van der Waals surface area contributed by atoms with Gasteiger partial charge in [-0.2, -0.15) is 0 Å². The smallest absolute Gasteiger partial charge is 0.211 e. The molecule has 0 unspecified atom stereocenters. The maximum Gasteiger partial charge on any atom is 0.211 e. The predicted octanol–water partition coefficient (Wildman–Crippen LogP) is -0.169. The number of hydrogen-bond donors (Lipinski definition) is 2. The van der Waals surface area contributed by atoms with Crippen molar-refractivity contribution in [3.8, 4) is 0 Å². The zero-order chi connectivity index (χ0) is 9.45. The molecular formula is C7H16N2O2S. The molecule has 0 amide bonds. The Labute approximate surface area is 73.9 Å². The summed E-state index contributed by atoms with van der Waals surface area (Å²) in [6.07, 6.45) is 4.05. The first-order valence-electron chi connectivity index (χ1n) is 3.94. The van der Waals surface area contributed by atoms with Crippen molar-refractivity contribution in [1.82, 2.24) is 4.72 Å². The van der Waals surface area contributed by atoms with Gasteiger partial charge in [-0.3, -0.25) is 0 Å². The third kappa shape index (κ3) is 6.33. The van der Waals surface area contributed by atoms with Crippen molar-refractivity contribution in [3.05, 3.63) is 12.2 Å². The average molecular weight is 192 g/mol. The van der Waals surface area contributed by atoms with Crippen LogP contribution < -0.4 is 10.5 Å². The predicted molar refractivity (Wildman–Crippen MR) is 50.3 cm³/mol. The fraction of sp³-hybridized carbons (Fsp3) is 0.714. The fourth-order valence-corrected chi connectivity index (χ4v) is 1.73. The van der Waals surface area contributed by atoms with Crippen molar-refractivity contribution < 1.29 is 8.42 Å². The summed E-state index contributed by atoms with van der Waals surface area (Å²) in [6, 6.07) is 0. The molecule has 0 saturated heterocycles. The Hall–Kier alpha value is -0.390. The quantitative estimate of drug-likeness (QED) is 0.574. The van der Waals surface area contributed by atoms with Gasteiger partial charge in [0.25, 0.3) is 0 Å². The Morgan fingerprint density at radius 3 is 2.58 bits per heavy atom. The van der Waals surface area contributed by atoms with E-state index in [-0.39, 0.29) is 5.75 Å². The standard InChI is InChI=1S/C7H16N2O2S/c1-2-7-12(10,11)9-6-4-3-5-8/h3-4,9H,2,5-8H2,1H3/b4-3+. The number of hydrogen-bond acceptors (Lipinski definition) is 3. The number of rotatable bonds is 6. The van der Waals surface area contributed by atoms with Gasteiger partial charge in [0.05, 0.1) is 5.75 Å². The van der Waals surface area contributed by atoms with E-state index in [4.69, 9.17) is 5.73 Å². The SMILES string of the molecule is CCCS(=O)(=O)NC/C=C/CN. The molecule has 0 bridgehead atoms. The molecule has 0 aliphatic carbocycles. The minimum Gasteiger partial charge on any atom is -0.327 e. The summed E-state index contributed by atoms with van der Waals surface area (Å²) in [7, 11) is -3.05. The van der Waals surface area contributed by atoms with Crippen LogP contribution in [0.25, 0.3) is 0 Å². The van der Waals surface area contributed by atoms with Gasteiger partial charge >= 0.3 is 0 Å². The van der Waals surface area contributed by atoms with E-state index in [1.807, 2.05) is 6.92 Å². The van der Waals surface area contributed by atoms with Crippen molar-refractivity contribution in [1.29, 1.82) is 0 Å². The first-order valence-corrected chi connectivity index (χ1v) is 5.60. The third-order valence-electron chi connectivity index (χ3n) is 1.20. The van der Waals surface area contributed by atoms with E-state index < -0.39 is 10.0 Å². The summed E-state index contributed by atoms with van der Waals surface area (Å²) in [5.74, 6) is 0.184. The number of nitrogens with two attached hydrogens (primary N) is 1. The molecule has 3 N–H and O–H groups in total. The molecule has 0 spiro atoms. The van der Waals surface area contributed by atoms with Crippen LogP contribution in [0.1, 0.15) is 13.3 Å². The maximum absolute atomic E-state index is 11.0. The summed E-state index contributed by atoms with van der Waals surface area (Å²) >= 11 is 0. The van der Waals surface area contributed by atoms with Gasteiger partial charge in [0.2, 0.25) is 10.0 Å². The van der Waals surface area contributed by atoms with Crippen LogP contribution in [0, 0.1) is 0 Å². The zero-order valence-electron chi connectivity index (χ0n) is 7.29. The molecule has 0 aromatic rings. The fourth-order valence-electron chi connectivity index (χ4n) is 0.696. The molecule has 0 rings (SSSR count). The summed E-state index contributed by atoms with van der Waals surface area (Å²) in [4.78, 5) is 0. The van der Waals surface area contributed by atoms with E-state index >= 15 is 0 Å². The largest absolute Gasteiger partial charge is 0.327 e. The topological polar surface area (TPSA) is 72.2 Å². The summed E-state index contributed by atoms with van der Waals surface area (Å²) < 4.78 is 24.5. The van der Waals surface area contributed by atoms with E-state index in [2.05, 4.69) is 4.72 Å². The van der Waals surface area contributed by atoms with Crippen molar-refractivity contribution in [2.45, 2.75) is 13.3 Å². The molecule has 12 heavy (non-hydrogen) atoms. The lowest BCUT2D eigenvalue weighted by molar-refractivity contribution is 0.584. The van der Waals surface area contributed by atoms with Gasteiger partial charge in [0, 0.05) is 13.1 Å². The Morgan fingerprint density at radius 2 is 2.08 bits per heavy atom. The normalized spacial score (nSPS) is 12.5. The molecule has 0 radical (unpaired) electrons. The van der Waals surface area contributed by atoms with E-state index in [0.29, 0.717) is 19.5 Å². The molecule has 0 saturated carbocycles. The summed E-state index contributed by atoms with van der Waals surface area (Å²) in [5, 5.41) is 0. The van der Waals surface area contributed by atoms with E-state index in [9.17, 15) is 8.42 Å². The second-order valence-electron chi connectivity index (χ2n) is 2.37. The zero-order valence-corrected chi connectivity index (χ0v) is 8.10. The van der Waals surface area contributed by atoms with Gasteiger partial charge in [0.1, 0.15) is 0 Å². The van der Waals surface area contributed by atoms with Gasteiger partial charge < -0.3 is 5.73 Å². The van der Waals surface area contributed by atoms with Crippen molar-refractivity contribution >= 4 is 10.0 Å². The van der Waals surface area contributed by atoms with E-state index in [1.54, 1.807) is 12.2 Å². The van der Waals surface area contributed by atoms with Crippen LogP contribution >= 0.6 is 0 Å². The number of sulfonamides is 1. The Balaban J connectivity index is 3.69. The lowest BCUT2D eigenvalue weighted by atomic mass is 10.5. The van der Waals surface area contributed by atoms with Crippen LogP contribution in [0.2, 0.25) is 0 Å². The first-order chi connectivity index (χ1) is 5.62. The second-order valence-corrected chi connectivity index (χ2v) is 4.30. The van der Waals surface area contributed by atoms with Crippen LogP contribution in [0.4, 0.5) is 0 Å². The highest BCUT2D eigenvalue weighted by molar-refractivity contribution is 7.89. The molecule has 0 fully saturated rings. The van der Waals surface area contributed by atoms with Gasteiger partial charge in [-0.25, -0.2) is 13.1 Å². The van der Waals surface area contributed by atoms with Crippen LogP contribution in [0.3, 0.4) is 0 Å². The lowest BCUT2D eigenvalue weighted by Crippen LogP contribution is -2.26. The first kappa shape index (κ1) is 11.6. The second kappa shape index (κ2) is 6.16. The molecular weight excluding hydrogens is 176 g/mol. The molecule has 5 heteroatoms. The summed E-state index contributed by atoms with van der Waals surface area (Å²) in [6.45, 7) is 2.60. The van der Waals surface area contributed by atoms with Crippen molar-refractivity contribution in [3.63, 3.8) is 0 Å². The van der Waals surface area contributed by atoms with Gasteiger partial charge in [-0.15, -0.1) is 0 Å². The van der Waals surface area contributed by atoms with Crippen LogP contribution in [0.15, 0.2) is 12.2 Å². The summed E-state index contributed by atoms with van der Waals surface area (Å²) in [5.41, 5.74) is 5.17. The van der Waals surface area contributed by atoms with E-state index in [1.165, 1.54) is 0 Å². The van der Waals surface area contributed by atoms with Gasteiger partial charge in [0.15, 0.2) is 0 Å². The highest BCUT2D eigenvalue weighted by Crippen LogP contribution is 1.87. The molecule has 0 aliphatic rings. The minimum atomic E-state index is -3.05. The molecule has 4 nitrogen and oxygen atoms in total. The van der Waals surface area contributed by atoms with Crippen molar-refractivity contribution in [2.24, 2.45) is 5.73 Å². The van der Waals surface area contributed by atoms with Crippen molar-refractivity contribution in [2.75, 3.05) is 18.8 Å². The minimum absolute atomic E-state index is 0.184. The van der Waals surface area contributed by atoms with Crippen LogP contribution in [0.5, 0.6) is 0 Å². The number of nitrogens with one attached hydrogen (secondary N) is 1. The third-order valence-corrected chi connectivity index (χ3v) is 2.75. The van der Waals surface area contributed by atoms with Crippen LogP contribution in [-0.2, 0) is 10.0 Å². The highest BCUT2D eigenvalue weighted by Gasteiger charge is 2.04. The Kier molecular flexibility index (Phi) is 5.96. The molecule has 0 aromatic heterocycles. The molecule has 0 aliphatic heterocycles.